The van der Waals surface area contributed by atoms with Gasteiger partial charge in [0, 0.05) is 30.0 Å². The number of aliphatic hydroxyl groups is 1. The lowest BCUT2D eigenvalue weighted by atomic mass is 10.0. The Morgan fingerprint density at radius 1 is 1.29 bits per heavy atom. The Kier molecular flexibility index (Phi) is 5.09. The van der Waals surface area contributed by atoms with Gasteiger partial charge in [0.1, 0.15) is 0 Å². The Hall–Kier alpha value is -2.01. The minimum absolute atomic E-state index is 0.130. The van der Waals surface area contributed by atoms with Crippen molar-refractivity contribution in [1.29, 1.82) is 0 Å². The molecule has 1 unspecified atom stereocenters. The summed E-state index contributed by atoms with van der Waals surface area (Å²) < 4.78 is 0. The minimum Gasteiger partial charge on any atom is -0.393 e. The van der Waals surface area contributed by atoms with E-state index in [4.69, 9.17) is 0 Å². The van der Waals surface area contributed by atoms with Crippen molar-refractivity contribution in [2.75, 3.05) is 23.3 Å². The molecule has 3 rings (SSSR count). The summed E-state index contributed by atoms with van der Waals surface area (Å²) in [5.74, 6) is 0.938. The van der Waals surface area contributed by atoms with Crippen LogP contribution in [0.4, 0.5) is 11.5 Å². The van der Waals surface area contributed by atoms with Crippen LogP contribution in [0.5, 0.6) is 0 Å². The van der Waals surface area contributed by atoms with Gasteiger partial charge in [-0.3, -0.25) is 5.10 Å². The molecule has 1 saturated heterocycles. The van der Waals surface area contributed by atoms with Gasteiger partial charge in [-0.15, -0.1) is 0 Å². The molecular formula is C19H28N4O. The number of benzene rings is 1. The molecular weight excluding hydrogens is 300 g/mol. The van der Waals surface area contributed by atoms with E-state index in [1.165, 1.54) is 22.5 Å². The fraction of sp³-hybridized carbons (Fsp3) is 0.526. The highest BCUT2D eigenvalue weighted by molar-refractivity contribution is 5.51. The van der Waals surface area contributed by atoms with Gasteiger partial charge in [0.15, 0.2) is 5.82 Å². The molecule has 1 aliphatic rings. The molecule has 0 aliphatic carbocycles. The zero-order valence-electron chi connectivity index (χ0n) is 14.8. The first kappa shape index (κ1) is 16.8. The van der Waals surface area contributed by atoms with Gasteiger partial charge in [-0.1, -0.05) is 19.1 Å². The molecule has 24 heavy (non-hydrogen) atoms. The van der Waals surface area contributed by atoms with E-state index in [1.54, 1.807) is 0 Å². The molecule has 0 spiro atoms. The van der Waals surface area contributed by atoms with Crippen molar-refractivity contribution in [3.8, 4) is 0 Å². The van der Waals surface area contributed by atoms with Crippen molar-refractivity contribution in [1.82, 2.24) is 10.2 Å². The fourth-order valence-corrected chi connectivity index (χ4v) is 3.31. The number of aliphatic hydroxyl groups excluding tert-OH is 1. The number of rotatable bonds is 5. The Bertz CT molecular complexity index is 657. The summed E-state index contributed by atoms with van der Waals surface area (Å²) in [5, 5.41) is 20.6. The maximum atomic E-state index is 9.63. The molecule has 130 valence electrons. The van der Waals surface area contributed by atoms with Gasteiger partial charge in [-0.2, -0.15) is 5.10 Å². The number of nitrogens with zero attached hydrogens (tertiary/aromatic N) is 2. The highest BCUT2D eigenvalue weighted by Crippen LogP contribution is 2.25. The van der Waals surface area contributed by atoms with E-state index >= 15 is 0 Å². The average molecular weight is 328 g/mol. The van der Waals surface area contributed by atoms with Gasteiger partial charge in [0.2, 0.25) is 0 Å². The van der Waals surface area contributed by atoms with Crippen LogP contribution in [-0.4, -0.2) is 34.5 Å². The lowest BCUT2D eigenvalue weighted by Gasteiger charge is -2.31. The van der Waals surface area contributed by atoms with Gasteiger partial charge in [0.05, 0.1) is 12.1 Å². The number of piperidine rings is 1. The molecule has 2 heterocycles. The summed E-state index contributed by atoms with van der Waals surface area (Å²) in [6.45, 7) is 8.25. The fourth-order valence-electron chi connectivity index (χ4n) is 3.31. The van der Waals surface area contributed by atoms with Crippen LogP contribution < -0.4 is 10.2 Å². The Morgan fingerprint density at radius 2 is 1.96 bits per heavy atom. The molecule has 0 amide bonds. The van der Waals surface area contributed by atoms with Crippen LogP contribution in [-0.2, 0) is 6.42 Å². The molecule has 1 aromatic carbocycles. The molecule has 1 atom stereocenters. The smallest absolute Gasteiger partial charge is 0.151 e. The largest absolute Gasteiger partial charge is 0.393 e. The van der Waals surface area contributed by atoms with Crippen LogP contribution in [0.15, 0.2) is 24.3 Å². The standard InChI is InChI=1S/C19H28N4O/c1-4-18-13(2)19(22-21-18)20-14(3)15-5-7-16(8-6-15)23-11-9-17(24)10-12-23/h5-8,14,17,24H,4,9-12H2,1-3H3,(H2,20,21,22). The first-order valence-corrected chi connectivity index (χ1v) is 8.91. The molecule has 5 heteroatoms. The number of aromatic amines is 1. The molecule has 3 N–H and O–H groups in total. The lowest BCUT2D eigenvalue weighted by molar-refractivity contribution is 0.145. The molecule has 5 nitrogen and oxygen atoms in total. The number of aryl methyl sites for hydroxylation is 1. The van der Waals surface area contributed by atoms with E-state index in [2.05, 4.69) is 65.5 Å². The molecule has 0 bridgehead atoms. The monoisotopic (exact) mass is 328 g/mol. The van der Waals surface area contributed by atoms with Gasteiger partial charge in [0.25, 0.3) is 0 Å². The highest BCUT2D eigenvalue weighted by atomic mass is 16.3. The van der Waals surface area contributed by atoms with Crippen LogP contribution in [0.1, 0.15) is 49.6 Å². The number of H-pyrrole nitrogens is 1. The first-order chi connectivity index (χ1) is 11.6. The van der Waals surface area contributed by atoms with Crippen molar-refractivity contribution in [3.05, 3.63) is 41.1 Å². The second-order valence-corrected chi connectivity index (χ2v) is 6.71. The molecule has 1 aliphatic heterocycles. The third kappa shape index (κ3) is 3.56. The first-order valence-electron chi connectivity index (χ1n) is 8.91. The lowest BCUT2D eigenvalue weighted by Crippen LogP contribution is -2.35. The van der Waals surface area contributed by atoms with Crippen LogP contribution in [0.3, 0.4) is 0 Å². The van der Waals surface area contributed by atoms with Crippen LogP contribution >= 0.6 is 0 Å². The zero-order valence-corrected chi connectivity index (χ0v) is 14.8. The van der Waals surface area contributed by atoms with E-state index in [0.29, 0.717) is 0 Å². The third-order valence-electron chi connectivity index (χ3n) is 5.04. The van der Waals surface area contributed by atoms with Crippen molar-refractivity contribution in [2.24, 2.45) is 0 Å². The Labute approximate surface area is 144 Å². The average Bonchev–Trinajstić information content (AvgIpc) is 2.95. The summed E-state index contributed by atoms with van der Waals surface area (Å²) >= 11 is 0. The topological polar surface area (TPSA) is 64.2 Å². The van der Waals surface area contributed by atoms with Crippen molar-refractivity contribution < 1.29 is 5.11 Å². The van der Waals surface area contributed by atoms with E-state index in [0.717, 1.165) is 38.2 Å². The van der Waals surface area contributed by atoms with Crippen LogP contribution in [0, 0.1) is 6.92 Å². The van der Waals surface area contributed by atoms with Crippen molar-refractivity contribution in [3.63, 3.8) is 0 Å². The molecule has 1 fully saturated rings. The second-order valence-electron chi connectivity index (χ2n) is 6.71. The van der Waals surface area contributed by atoms with Gasteiger partial charge >= 0.3 is 0 Å². The Balaban J connectivity index is 1.65. The number of anilines is 2. The third-order valence-corrected chi connectivity index (χ3v) is 5.04. The van der Waals surface area contributed by atoms with E-state index in [9.17, 15) is 5.11 Å². The van der Waals surface area contributed by atoms with Crippen molar-refractivity contribution >= 4 is 11.5 Å². The Morgan fingerprint density at radius 3 is 2.54 bits per heavy atom. The molecule has 0 saturated carbocycles. The van der Waals surface area contributed by atoms with E-state index in [-0.39, 0.29) is 12.1 Å². The SMILES string of the molecule is CCc1[nH]nc(NC(C)c2ccc(N3CCC(O)CC3)cc2)c1C. The van der Waals surface area contributed by atoms with E-state index < -0.39 is 0 Å². The predicted molar refractivity (Wildman–Crippen MR) is 98.6 cm³/mol. The maximum absolute atomic E-state index is 9.63. The van der Waals surface area contributed by atoms with Gasteiger partial charge in [-0.25, -0.2) is 0 Å². The predicted octanol–water partition coefficient (Wildman–Crippen LogP) is 3.41. The molecule has 2 aromatic rings. The second kappa shape index (κ2) is 7.26. The quantitative estimate of drug-likeness (QED) is 0.787. The minimum atomic E-state index is -0.130. The summed E-state index contributed by atoms with van der Waals surface area (Å²) in [6.07, 6.45) is 2.55. The van der Waals surface area contributed by atoms with Crippen LogP contribution in [0.25, 0.3) is 0 Å². The van der Waals surface area contributed by atoms with Gasteiger partial charge < -0.3 is 15.3 Å². The van der Waals surface area contributed by atoms with E-state index in [1.807, 2.05) is 0 Å². The molecule has 0 radical (unpaired) electrons. The molecule has 1 aromatic heterocycles. The summed E-state index contributed by atoms with van der Waals surface area (Å²) in [6, 6.07) is 8.93. The maximum Gasteiger partial charge on any atom is 0.151 e. The van der Waals surface area contributed by atoms with Crippen molar-refractivity contribution in [2.45, 2.75) is 52.2 Å². The summed E-state index contributed by atoms with van der Waals surface area (Å²) in [7, 11) is 0. The summed E-state index contributed by atoms with van der Waals surface area (Å²) in [5.41, 5.74) is 4.87. The van der Waals surface area contributed by atoms with Gasteiger partial charge in [-0.05, 0) is 50.8 Å². The van der Waals surface area contributed by atoms with Crippen LogP contribution in [0.2, 0.25) is 0 Å². The number of hydrogen-bond donors (Lipinski definition) is 3. The highest BCUT2D eigenvalue weighted by Gasteiger charge is 2.17. The number of hydrogen-bond acceptors (Lipinski definition) is 4. The zero-order chi connectivity index (χ0) is 17.1. The number of aromatic nitrogens is 2. The normalized spacial score (nSPS) is 17.1. The summed E-state index contributed by atoms with van der Waals surface area (Å²) in [4.78, 5) is 2.35. The number of nitrogens with one attached hydrogen (secondary N) is 2.